The molecule has 204 valence electrons. The molecule has 9 heteroatoms. The predicted octanol–water partition coefficient (Wildman–Crippen LogP) is 7.25. The highest BCUT2D eigenvalue weighted by atomic mass is 35.5. The lowest BCUT2D eigenvalue weighted by atomic mass is 9.83. The maximum atomic E-state index is 13.9. The van der Waals surface area contributed by atoms with E-state index in [0.717, 1.165) is 47.4 Å². The Morgan fingerprint density at radius 2 is 1.78 bits per heavy atom. The highest BCUT2D eigenvalue weighted by Crippen LogP contribution is 2.41. The normalized spacial score (nSPS) is 16.7. The second-order valence-corrected chi connectivity index (χ2v) is 11.4. The largest absolute Gasteiger partial charge is 0.457 e. The quantitative estimate of drug-likeness (QED) is 0.223. The first-order valence-electron chi connectivity index (χ1n) is 12.9. The molecule has 0 fully saturated rings. The summed E-state index contributed by atoms with van der Waals surface area (Å²) < 4.78 is 47.6. The Morgan fingerprint density at radius 1 is 0.976 bits per heavy atom. The molecule has 1 aliphatic heterocycles. The number of thiazole rings is 1. The van der Waals surface area contributed by atoms with Gasteiger partial charge in [-0.05, 0) is 65.9 Å². The van der Waals surface area contributed by atoms with E-state index in [0.29, 0.717) is 25.7 Å². The van der Waals surface area contributed by atoms with Crippen molar-refractivity contribution in [3.8, 4) is 11.3 Å². The minimum atomic E-state index is -4.46. The Bertz CT molecular complexity index is 2030. The highest BCUT2D eigenvalue weighted by molar-refractivity contribution is 7.07. The van der Waals surface area contributed by atoms with Gasteiger partial charge < -0.3 is 4.42 Å². The smallest absolute Gasteiger partial charge is 0.416 e. The van der Waals surface area contributed by atoms with E-state index in [9.17, 15) is 18.0 Å². The zero-order valence-corrected chi connectivity index (χ0v) is 22.9. The molecule has 3 heterocycles. The zero-order valence-electron chi connectivity index (χ0n) is 21.3. The monoisotopic (exact) mass is 588 g/mol. The van der Waals surface area contributed by atoms with Crippen LogP contribution in [-0.4, -0.2) is 4.57 Å². The standard InChI is InChI=1S/C32H20ClF3N2O2S/c33-22-11-8-19(9-12-22)29-25-14-10-18-4-1-2-7-24(18)28(25)37-31-38(29)30(39)27(41-31)17-23-13-15-26(40-23)20-5-3-6-21(16-20)32(34,35)36/h1-9,11-13,15-17,29H,10,14H2/b27-17-. The van der Waals surface area contributed by atoms with E-state index in [4.69, 9.17) is 21.0 Å². The van der Waals surface area contributed by atoms with Gasteiger partial charge in [0.15, 0.2) is 4.80 Å². The van der Waals surface area contributed by atoms with Gasteiger partial charge in [0.25, 0.3) is 5.56 Å². The van der Waals surface area contributed by atoms with Crippen LogP contribution in [0.1, 0.15) is 40.5 Å². The molecule has 2 aromatic heterocycles. The molecule has 0 saturated carbocycles. The second-order valence-electron chi connectivity index (χ2n) is 9.95. The molecule has 1 aliphatic carbocycles. The Morgan fingerprint density at radius 3 is 2.59 bits per heavy atom. The SMILES string of the molecule is O=c1/c(=C/c2ccc(-c3cccc(C(F)(F)F)c3)o2)sc2n1C(c1ccc(Cl)cc1)C1=C(N=2)c2ccccc2CC1. The molecule has 0 bridgehead atoms. The lowest BCUT2D eigenvalue weighted by molar-refractivity contribution is -0.137. The number of fused-ring (bicyclic) bond motifs is 3. The summed E-state index contributed by atoms with van der Waals surface area (Å²) in [6.07, 6.45) is -1.22. The maximum absolute atomic E-state index is 13.9. The number of allylic oxidation sites excluding steroid dienone is 1. The average molecular weight is 589 g/mol. The summed E-state index contributed by atoms with van der Waals surface area (Å²) in [6.45, 7) is 0. The van der Waals surface area contributed by atoms with Gasteiger partial charge in [0, 0.05) is 22.2 Å². The van der Waals surface area contributed by atoms with Gasteiger partial charge in [0.2, 0.25) is 0 Å². The maximum Gasteiger partial charge on any atom is 0.416 e. The van der Waals surface area contributed by atoms with Crippen LogP contribution in [0.4, 0.5) is 13.2 Å². The molecular weight excluding hydrogens is 569 g/mol. The molecule has 2 aliphatic rings. The van der Waals surface area contributed by atoms with Crippen LogP contribution in [0.3, 0.4) is 0 Å². The molecule has 0 amide bonds. The summed E-state index contributed by atoms with van der Waals surface area (Å²) in [5.74, 6) is 0.640. The molecule has 0 N–H and O–H groups in total. The van der Waals surface area contributed by atoms with Crippen LogP contribution in [0.25, 0.3) is 23.1 Å². The van der Waals surface area contributed by atoms with Crippen LogP contribution >= 0.6 is 22.9 Å². The number of alkyl halides is 3. The number of halogens is 4. The molecule has 1 atom stereocenters. The average Bonchev–Trinajstić information content (AvgIpc) is 3.56. The number of rotatable bonds is 3. The fraction of sp³-hybridized carbons (Fsp3) is 0.125. The first-order valence-corrected chi connectivity index (χ1v) is 14.1. The van der Waals surface area contributed by atoms with Crippen LogP contribution in [0, 0.1) is 0 Å². The van der Waals surface area contributed by atoms with E-state index in [2.05, 4.69) is 12.1 Å². The number of aryl methyl sites for hydroxylation is 1. The first-order chi connectivity index (χ1) is 19.8. The van der Waals surface area contributed by atoms with Crippen molar-refractivity contribution in [2.24, 2.45) is 4.99 Å². The molecule has 0 spiro atoms. The molecule has 4 nitrogen and oxygen atoms in total. The van der Waals surface area contributed by atoms with Crippen LogP contribution in [0.15, 0.2) is 105 Å². The van der Waals surface area contributed by atoms with Gasteiger partial charge in [-0.25, -0.2) is 4.99 Å². The molecular formula is C32H20ClF3N2O2S. The van der Waals surface area contributed by atoms with Crippen molar-refractivity contribution in [1.82, 2.24) is 4.57 Å². The molecule has 7 rings (SSSR count). The minimum absolute atomic E-state index is 0.212. The van der Waals surface area contributed by atoms with Gasteiger partial charge in [0.05, 0.1) is 21.8 Å². The topological polar surface area (TPSA) is 47.5 Å². The van der Waals surface area contributed by atoms with Crippen LogP contribution < -0.4 is 14.9 Å². The summed E-state index contributed by atoms with van der Waals surface area (Å²) in [7, 11) is 0. The van der Waals surface area contributed by atoms with Gasteiger partial charge in [0.1, 0.15) is 11.5 Å². The number of nitrogens with zero attached hydrogens (tertiary/aromatic N) is 2. The van der Waals surface area contributed by atoms with Crippen molar-refractivity contribution in [3.05, 3.63) is 143 Å². The number of furan rings is 1. The lowest BCUT2D eigenvalue weighted by Crippen LogP contribution is -2.38. The van der Waals surface area contributed by atoms with Gasteiger partial charge in [-0.2, -0.15) is 13.2 Å². The molecule has 0 radical (unpaired) electrons. The van der Waals surface area contributed by atoms with E-state index in [1.807, 2.05) is 36.4 Å². The molecule has 0 saturated heterocycles. The minimum Gasteiger partial charge on any atom is -0.457 e. The highest BCUT2D eigenvalue weighted by Gasteiger charge is 2.33. The Balaban J connectivity index is 1.36. The Labute approximate surface area is 241 Å². The third-order valence-electron chi connectivity index (χ3n) is 7.43. The predicted molar refractivity (Wildman–Crippen MR) is 153 cm³/mol. The van der Waals surface area contributed by atoms with E-state index in [1.165, 1.54) is 23.0 Å². The van der Waals surface area contributed by atoms with E-state index in [1.54, 1.807) is 28.8 Å². The number of aromatic nitrogens is 1. The summed E-state index contributed by atoms with van der Waals surface area (Å²) in [6, 6.07) is 23.6. The van der Waals surface area contributed by atoms with Crippen molar-refractivity contribution in [1.29, 1.82) is 0 Å². The van der Waals surface area contributed by atoms with E-state index >= 15 is 0 Å². The van der Waals surface area contributed by atoms with Crippen LogP contribution in [0.5, 0.6) is 0 Å². The summed E-state index contributed by atoms with van der Waals surface area (Å²) in [4.78, 5) is 19.4. The second kappa shape index (κ2) is 9.75. The van der Waals surface area contributed by atoms with Gasteiger partial charge in [-0.1, -0.05) is 71.5 Å². The molecule has 3 aromatic carbocycles. The van der Waals surface area contributed by atoms with Crippen LogP contribution in [0.2, 0.25) is 5.02 Å². The van der Waals surface area contributed by atoms with Crippen molar-refractivity contribution in [3.63, 3.8) is 0 Å². The van der Waals surface area contributed by atoms with Gasteiger partial charge in [-0.15, -0.1) is 0 Å². The zero-order chi connectivity index (χ0) is 28.3. The van der Waals surface area contributed by atoms with Crippen molar-refractivity contribution in [2.75, 3.05) is 0 Å². The number of hydrogen-bond acceptors (Lipinski definition) is 4. The molecule has 1 unspecified atom stereocenters. The van der Waals surface area contributed by atoms with Crippen molar-refractivity contribution < 1.29 is 17.6 Å². The third kappa shape index (κ3) is 4.57. The fourth-order valence-electron chi connectivity index (χ4n) is 5.53. The summed E-state index contributed by atoms with van der Waals surface area (Å²) >= 11 is 7.45. The first kappa shape index (κ1) is 25.8. The molecule has 5 aromatic rings. The number of hydrogen-bond donors (Lipinski definition) is 0. The molecule has 41 heavy (non-hydrogen) atoms. The van der Waals surface area contributed by atoms with Crippen molar-refractivity contribution >= 4 is 34.7 Å². The van der Waals surface area contributed by atoms with Gasteiger partial charge in [-0.3, -0.25) is 9.36 Å². The summed E-state index contributed by atoms with van der Waals surface area (Å²) in [5, 5.41) is 0.610. The van der Waals surface area contributed by atoms with Gasteiger partial charge >= 0.3 is 6.18 Å². The van der Waals surface area contributed by atoms with E-state index < -0.39 is 11.7 Å². The van der Waals surface area contributed by atoms with Crippen LogP contribution in [-0.2, 0) is 12.6 Å². The Hall–Kier alpha value is -4.14. The fourth-order valence-corrected chi connectivity index (χ4v) is 6.64. The van der Waals surface area contributed by atoms with E-state index in [-0.39, 0.29) is 17.4 Å². The number of benzene rings is 3. The Kier molecular flexibility index (Phi) is 6.14. The summed E-state index contributed by atoms with van der Waals surface area (Å²) in [5.41, 5.74) is 4.54. The van der Waals surface area contributed by atoms with Crippen molar-refractivity contribution in [2.45, 2.75) is 25.1 Å². The lowest BCUT2D eigenvalue weighted by Gasteiger charge is -2.30. The third-order valence-corrected chi connectivity index (χ3v) is 8.67.